The summed E-state index contributed by atoms with van der Waals surface area (Å²) in [6.45, 7) is 22.1. The van der Waals surface area contributed by atoms with E-state index in [0.29, 0.717) is 111 Å². The van der Waals surface area contributed by atoms with Crippen molar-refractivity contribution >= 4 is 29.5 Å². The summed E-state index contributed by atoms with van der Waals surface area (Å²) in [6.07, 6.45) is 68.0. The zero-order valence-corrected chi connectivity index (χ0v) is 65.5. The van der Waals surface area contributed by atoms with Crippen LogP contribution in [0.2, 0.25) is 0 Å². The van der Waals surface area contributed by atoms with Gasteiger partial charge in [0.1, 0.15) is 0 Å². The molecule has 0 aliphatic heterocycles. The fraction of sp³-hybridized carbons (Fsp3) is 0.940. The van der Waals surface area contributed by atoms with Gasteiger partial charge in [0, 0.05) is 137 Å². The molecule has 0 aliphatic rings. The van der Waals surface area contributed by atoms with Crippen molar-refractivity contribution in [3.63, 3.8) is 0 Å². The van der Waals surface area contributed by atoms with Gasteiger partial charge < -0.3 is 41.7 Å². The minimum Gasteiger partial charge on any atom is -0.356 e. The van der Waals surface area contributed by atoms with Crippen LogP contribution in [0.25, 0.3) is 0 Å². The lowest BCUT2D eigenvalue weighted by atomic mass is 10.1. The number of carbonyl (C=O) groups is 5. The molecule has 5 amide bonds. The van der Waals surface area contributed by atoms with Crippen molar-refractivity contribution in [3.8, 4) is 0 Å². The highest BCUT2D eigenvalue weighted by atomic mass is 16.2. The molecule has 0 saturated carbocycles. The van der Waals surface area contributed by atoms with E-state index in [4.69, 9.17) is 0 Å². The number of nitrogens with zero attached hydrogens (tertiary/aromatic N) is 3. The van der Waals surface area contributed by atoms with E-state index in [-0.39, 0.29) is 29.5 Å². The molecule has 0 spiro atoms. The molecule has 0 aliphatic carbocycles. The van der Waals surface area contributed by atoms with E-state index < -0.39 is 0 Å². The lowest BCUT2D eigenvalue weighted by Gasteiger charge is -2.30. The van der Waals surface area contributed by atoms with Crippen molar-refractivity contribution in [2.45, 2.75) is 401 Å². The molecular formula is C83H167N9O5. The molecule has 0 heterocycles. The summed E-state index contributed by atoms with van der Waals surface area (Å²) in [6, 6.07) is 0. The molecule has 0 aromatic carbocycles. The van der Waals surface area contributed by atoms with E-state index in [0.717, 1.165) is 90.4 Å². The Labute approximate surface area is 602 Å². The van der Waals surface area contributed by atoms with E-state index in [1.54, 1.807) is 0 Å². The average Bonchev–Trinajstić information content (AvgIpc) is 2.98. The van der Waals surface area contributed by atoms with Gasteiger partial charge in [-0.15, -0.1) is 0 Å². The molecule has 0 aromatic rings. The molecule has 14 nitrogen and oxygen atoms in total. The normalized spacial score (nSPS) is 11.6. The highest BCUT2D eigenvalue weighted by Crippen LogP contribution is 2.16. The van der Waals surface area contributed by atoms with Crippen molar-refractivity contribution < 1.29 is 24.0 Å². The summed E-state index contributed by atoms with van der Waals surface area (Å²) < 4.78 is 0. The van der Waals surface area contributed by atoms with Gasteiger partial charge >= 0.3 is 0 Å². The maximum atomic E-state index is 13.4. The van der Waals surface area contributed by atoms with Crippen LogP contribution in [0.4, 0.5) is 0 Å². The third-order valence-electron chi connectivity index (χ3n) is 20.0. The lowest BCUT2D eigenvalue weighted by molar-refractivity contribution is -0.123. The van der Waals surface area contributed by atoms with Crippen molar-refractivity contribution in [2.75, 3.05) is 105 Å². The van der Waals surface area contributed by atoms with Crippen LogP contribution in [0.1, 0.15) is 401 Å². The monoisotopic (exact) mass is 1370 g/mol. The van der Waals surface area contributed by atoms with Gasteiger partial charge in [0.15, 0.2) is 0 Å². The van der Waals surface area contributed by atoms with Gasteiger partial charge in [-0.2, -0.15) is 0 Å². The second-order valence-corrected chi connectivity index (χ2v) is 29.4. The first-order valence-corrected chi connectivity index (χ1v) is 42.9. The molecule has 6 N–H and O–H groups in total. The van der Waals surface area contributed by atoms with E-state index >= 15 is 0 Å². The first-order valence-electron chi connectivity index (χ1n) is 42.9. The molecule has 0 saturated heterocycles. The Bertz CT molecular complexity index is 1630. The Kier molecular flexibility index (Phi) is 76.6. The summed E-state index contributed by atoms with van der Waals surface area (Å²) in [7, 11) is 0. The standard InChI is InChI=1S/C83H167N9O5/c1-6-11-16-21-26-31-36-37-42-47-52-57-67-89-83(97)62-73-91(72-61-82(96)88-66-56-51-46-41-35-30-25-20-15-10-5)76-78-92(74-69-84-68-58-79(93)85-63-53-48-43-38-32-27-22-17-12-7-2)77-75-90(70-59-80(94)86-64-54-49-44-39-33-28-23-18-13-8-3)71-60-81(95)87-65-55-50-45-40-34-29-24-19-14-9-4/h84H,6-78H2,1-5H3,(H,85,93)(H,86,94)(H,87,95)(H,88,96)(H,89,97). The van der Waals surface area contributed by atoms with Crippen LogP contribution in [0.3, 0.4) is 0 Å². The summed E-state index contributed by atoms with van der Waals surface area (Å²) in [5.74, 6) is 0.379. The SMILES string of the molecule is CCCCCCCCCCCCCCNC(=O)CCN(CCC(=O)NCCCCCCCCCCCC)CCN(CCNCCC(=O)NCCCCCCCCCCCC)CCN(CCC(=O)NCCCCCCCCCCCC)CCC(=O)NCCCCCCCCCCCC. The zero-order valence-electron chi connectivity index (χ0n) is 65.5. The van der Waals surface area contributed by atoms with E-state index in [1.165, 1.54) is 270 Å². The molecule has 574 valence electrons. The third-order valence-corrected chi connectivity index (χ3v) is 20.0. The van der Waals surface area contributed by atoms with Gasteiger partial charge in [-0.3, -0.25) is 28.9 Å². The molecule has 0 aromatic heterocycles. The van der Waals surface area contributed by atoms with Gasteiger partial charge in [-0.05, 0) is 32.1 Å². The van der Waals surface area contributed by atoms with Crippen molar-refractivity contribution in [1.82, 2.24) is 46.6 Å². The van der Waals surface area contributed by atoms with Gasteiger partial charge in [-0.1, -0.05) is 336 Å². The topological polar surface area (TPSA) is 167 Å². The number of rotatable bonds is 81. The molecule has 0 atom stereocenters. The van der Waals surface area contributed by atoms with Crippen LogP contribution in [0.5, 0.6) is 0 Å². The zero-order chi connectivity index (χ0) is 70.5. The van der Waals surface area contributed by atoms with Gasteiger partial charge in [-0.25, -0.2) is 0 Å². The molecule has 0 radical (unpaired) electrons. The Hall–Kier alpha value is -2.81. The Balaban J connectivity index is 6.04. The largest absolute Gasteiger partial charge is 0.356 e. The summed E-state index contributed by atoms with van der Waals surface area (Å²) in [4.78, 5) is 73.7. The highest BCUT2D eigenvalue weighted by Gasteiger charge is 2.17. The maximum Gasteiger partial charge on any atom is 0.221 e. The summed E-state index contributed by atoms with van der Waals surface area (Å²) >= 11 is 0. The van der Waals surface area contributed by atoms with Crippen LogP contribution in [-0.2, 0) is 24.0 Å². The number of hydrogen-bond donors (Lipinski definition) is 6. The molecule has 0 unspecified atom stereocenters. The quantitative estimate of drug-likeness (QED) is 0.0325. The molecule has 0 fully saturated rings. The maximum absolute atomic E-state index is 13.4. The van der Waals surface area contributed by atoms with Crippen LogP contribution in [-0.4, -0.2) is 149 Å². The number of nitrogens with one attached hydrogen (secondary N) is 6. The van der Waals surface area contributed by atoms with Crippen LogP contribution in [0.15, 0.2) is 0 Å². The number of carbonyl (C=O) groups excluding carboxylic acids is 5. The predicted molar refractivity (Wildman–Crippen MR) is 419 cm³/mol. The molecular weight excluding hydrogens is 1200 g/mol. The Morgan fingerprint density at radius 3 is 0.536 bits per heavy atom. The minimum atomic E-state index is 0.0706. The number of unbranched alkanes of at least 4 members (excludes halogenated alkanes) is 47. The smallest absolute Gasteiger partial charge is 0.221 e. The van der Waals surface area contributed by atoms with Crippen molar-refractivity contribution in [1.29, 1.82) is 0 Å². The predicted octanol–water partition coefficient (Wildman–Crippen LogP) is 19.4. The fourth-order valence-electron chi connectivity index (χ4n) is 13.2. The number of amides is 5. The summed E-state index contributed by atoms with van der Waals surface area (Å²) in [5, 5.41) is 19.6. The van der Waals surface area contributed by atoms with E-state index in [9.17, 15) is 24.0 Å². The lowest BCUT2D eigenvalue weighted by Crippen LogP contribution is -2.44. The van der Waals surface area contributed by atoms with Crippen LogP contribution in [0, 0.1) is 0 Å². The second-order valence-electron chi connectivity index (χ2n) is 29.4. The molecule has 0 bridgehead atoms. The fourth-order valence-corrected chi connectivity index (χ4v) is 13.2. The first kappa shape index (κ1) is 94.2. The van der Waals surface area contributed by atoms with Crippen LogP contribution < -0.4 is 31.9 Å². The van der Waals surface area contributed by atoms with Crippen LogP contribution >= 0.6 is 0 Å². The number of hydrogen-bond acceptors (Lipinski definition) is 9. The second kappa shape index (κ2) is 78.9. The van der Waals surface area contributed by atoms with E-state index in [2.05, 4.69) is 81.2 Å². The van der Waals surface area contributed by atoms with Gasteiger partial charge in [0.05, 0.1) is 0 Å². The minimum absolute atomic E-state index is 0.0706. The van der Waals surface area contributed by atoms with E-state index in [1.807, 2.05) is 0 Å². The molecule has 97 heavy (non-hydrogen) atoms. The van der Waals surface area contributed by atoms with Crippen molar-refractivity contribution in [2.24, 2.45) is 0 Å². The highest BCUT2D eigenvalue weighted by molar-refractivity contribution is 5.77. The average molecular weight is 1370 g/mol. The first-order chi connectivity index (χ1) is 47.7. The van der Waals surface area contributed by atoms with Gasteiger partial charge in [0.2, 0.25) is 29.5 Å². The molecule has 0 rings (SSSR count). The van der Waals surface area contributed by atoms with Crippen molar-refractivity contribution in [3.05, 3.63) is 0 Å². The summed E-state index contributed by atoms with van der Waals surface area (Å²) in [5.41, 5.74) is 0. The molecule has 14 heteroatoms. The Morgan fingerprint density at radius 1 is 0.175 bits per heavy atom. The third kappa shape index (κ3) is 74.2. The van der Waals surface area contributed by atoms with Gasteiger partial charge in [0.25, 0.3) is 0 Å². The Morgan fingerprint density at radius 2 is 0.340 bits per heavy atom.